The molecule has 0 unspecified atom stereocenters. The lowest BCUT2D eigenvalue weighted by molar-refractivity contribution is 0.262. The number of amides is 2. The second-order valence-electron chi connectivity index (χ2n) is 8.41. The Balaban J connectivity index is 1.74. The van der Waals surface area contributed by atoms with E-state index in [1.807, 2.05) is 53.1 Å². The maximum absolute atomic E-state index is 13.2. The van der Waals surface area contributed by atoms with Crippen LogP contribution in [0.4, 0.5) is 16.4 Å². The van der Waals surface area contributed by atoms with Gasteiger partial charge in [-0.15, -0.1) is 0 Å². The topological polar surface area (TPSA) is 59.0 Å². The molecule has 2 amide bonds. The lowest BCUT2D eigenvalue weighted by atomic mass is 9.93. The maximum atomic E-state index is 13.2. The summed E-state index contributed by atoms with van der Waals surface area (Å²) in [5, 5.41) is 6.10. The fourth-order valence-electron chi connectivity index (χ4n) is 3.93. The monoisotopic (exact) mass is 490 g/mol. The van der Waals surface area contributed by atoms with Crippen LogP contribution in [0.5, 0.6) is 0 Å². The van der Waals surface area contributed by atoms with Crippen LogP contribution in [0.15, 0.2) is 71.2 Å². The van der Waals surface area contributed by atoms with Gasteiger partial charge in [-0.3, -0.25) is 9.88 Å². The minimum Gasteiger partial charge on any atom is -0.307 e. The van der Waals surface area contributed by atoms with Gasteiger partial charge in [-0.1, -0.05) is 70.2 Å². The van der Waals surface area contributed by atoms with Crippen LogP contribution < -0.4 is 10.6 Å². The predicted molar refractivity (Wildman–Crippen MR) is 136 cm³/mol. The average molecular weight is 491 g/mol. The van der Waals surface area contributed by atoms with Gasteiger partial charge in [0.2, 0.25) is 5.95 Å². The molecule has 0 spiro atoms. The molecule has 0 fully saturated rings. The van der Waals surface area contributed by atoms with E-state index in [1.54, 1.807) is 0 Å². The van der Waals surface area contributed by atoms with Crippen LogP contribution in [0, 0.1) is 0 Å². The third-order valence-corrected chi connectivity index (χ3v) is 6.16. The van der Waals surface area contributed by atoms with Crippen molar-refractivity contribution >= 4 is 44.6 Å². The van der Waals surface area contributed by atoms with E-state index in [0.29, 0.717) is 5.95 Å². The predicted octanol–water partition coefficient (Wildman–Crippen LogP) is 7.68. The zero-order valence-electron chi connectivity index (χ0n) is 18.7. The number of aromatic nitrogens is 2. The fourth-order valence-corrected chi connectivity index (χ4v) is 4.39. The first-order chi connectivity index (χ1) is 15.4. The number of hydrogen-bond acceptors (Lipinski definition) is 2. The van der Waals surface area contributed by atoms with Gasteiger partial charge in [0.05, 0.1) is 16.7 Å². The Morgan fingerprint density at radius 2 is 1.47 bits per heavy atom. The first-order valence-electron chi connectivity index (χ1n) is 10.8. The van der Waals surface area contributed by atoms with Crippen molar-refractivity contribution in [3.63, 3.8) is 0 Å². The van der Waals surface area contributed by atoms with Crippen molar-refractivity contribution in [1.29, 1.82) is 0 Å². The largest absolute Gasteiger partial charge is 0.326 e. The smallest absolute Gasteiger partial charge is 0.307 e. The first kappa shape index (κ1) is 22.1. The normalized spacial score (nSPS) is 11.3. The SMILES string of the molecule is CC(C)c1cccc(C(C)C)c1NC(=O)Nc1nc2ccccc2n1-c1ccccc1Br. The van der Waals surface area contributed by atoms with Gasteiger partial charge >= 0.3 is 6.03 Å². The van der Waals surface area contributed by atoms with Crippen LogP contribution in [-0.2, 0) is 0 Å². The van der Waals surface area contributed by atoms with Gasteiger partial charge < -0.3 is 5.32 Å². The van der Waals surface area contributed by atoms with E-state index in [1.165, 1.54) is 0 Å². The Labute approximate surface area is 197 Å². The molecule has 164 valence electrons. The van der Waals surface area contributed by atoms with Gasteiger partial charge in [0.15, 0.2) is 0 Å². The summed E-state index contributed by atoms with van der Waals surface area (Å²) < 4.78 is 2.87. The summed E-state index contributed by atoms with van der Waals surface area (Å²) in [4.78, 5) is 17.9. The summed E-state index contributed by atoms with van der Waals surface area (Å²) >= 11 is 3.63. The van der Waals surface area contributed by atoms with Crippen molar-refractivity contribution in [2.75, 3.05) is 10.6 Å². The molecule has 4 aromatic rings. The van der Waals surface area contributed by atoms with Crippen molar-refractivity contribution in [3.8, 4) is 5.69 Å². The first-order valence-corrected chi connectivity index (χ1v) is 11.6. The molecule has 0 saturated carbocycles. The highest BCUT2D eigenvalue weighted by Gasteiger charge is 2.19. The maximum Gasteiger partial charge on any atom is 0.326 e. The highest BCUT2D eigenvalue weighted by atomic mass is 79.9. The molecule has 1 heterocycles. The molecule has 0 bridgehead atoms. The van der Waals surface area contributed by atoms with Gasteiger partial charge in [-0.2, -0.15) is 0 Å². The van der Waals surface area contributed by atoms with E-state index in [2.05, 4.69) is 72.5 Å². The third kappa shape index (κ3) is 4.28. The standard InChI is InChI=1S/C26H27BrN4O/c1-16(2)18-10-9-11-19(17(3)4)24(18)29-26(32)30-25-28-21-13-6-8-15-23(21)31(25)22-14-7-5-12-20(22)27/h5-17H,1-4H3,(H2,28,29,30,32). The summed E-state index contributed by atoms with van der Waals surface area (Å²) in [5.74, 6) is 1.03. The van der Waals surface area contributed by atoms with Crippen LogP contribution in [0.1, 0.15) is 50.7 Å². The molecular formula is C26H27BrN4O. The summed E-state index contributed by atoms with van der Waals surface area (Å²) in [6, 6.07) is 21.6. The molecule has 4 rings (SSSR count). The lowest BCUT2D eigenvalue weighted by Crippen LogP contribution is -2.23. The Hall–Kier alpha value is -3.12. The number of nitrogens with zero attached hydrogens (tertiary/aromatic N) is 2. The number of hydrogen-bond donors (Lipinski definition) is 2. The van der Waals surface area contributed by atoms with Gasteiger partial charge in [0, 0.05) is 10.2 Å². The molecule has 6 heteroatoms. The molecule has 3 aromatic carbocycles. The number of nitrogens with one attached hydrogen (secondary N) is 2. The molecule has 0 aliphatic rings. The number of carbonyl (C=O) groups is 1. The van der Waals surface area contributed by atoms with Crippen molar-refractivity contribution in [2.45, 2.75) is 39.5 Å². The second kappa shape index (κ2) is 9.17. The van der Waals surface area contributed by atoms with Crippen LogP contribution in [0.25, 0.3) is 16.7 Å². The summed E-state index contributed by atoms with van der Waals surface area (Å²) in [6.45, 7) is 8.54. The van der Waals surface area contributed by atoms with Crippen molar-refractivity contribution in [3.05, 3.63) is 82.3 Å². The number of urea groups is 1. The van der Waals surface area contributed by atoms with Crippen molar-refractivity contribution in [2.24, 2.45) is 0 Å². The van der Waals surface area contributed by atoms with Crippen LogP contribution in [0.2, 0.25) is 0 Å². The zero-order valence-corrected chi connectivity index (χ0v) is 20.3. The number of para-hydroxylation sites is 4. The van der Waals surface area contributed by atoms with E-state index < -0.39 is 0 Å². The zero-order chi connectivity index (χ0) is 22.8. The molecule has 0 aliphatic heterocycles. The van der Waals surface area contributed by atoms with E-state index in [0.717, 1.165) is 38.0 Å². The van der Waals surface area contributed by atoms with E-state index in [-0.39, 0.29) is 17.9 Å². The quantitative estimate of drug-likeness (QED) is 0.301. The second-order valence-corrected chi connectivity index (χ2v) is 9.27. The van der Waals surface area contributed by atoms with Crippen molar-refractivity contribution in [1.82, 2.24) is 9.55 Å². The van der Waals surface area contributed by atoms with Gasteiger partial charge in [-0.05, 0) is 63.2 Å². The molecule has 0 atom stereocenters. The minimum atomic E-state index is -0.316. The molecule has 1 aromatic heterocycles. The lowest BCUT2D eigenvalue weighted by Gasteiger charge is -2.20. The fraction of sp³-hybridized carbons (Fsp3) is 0.231. The van der Waals surface area contributed by atoms with Crippen LogP contribution in [0.3, 0.4) is 0 Å². The Bertz CT molecular complexity index is 1250. The Kier molecular flexibility index (Phi) is 6.33. The number of rotatable bonds is 5. The van der Waals surface area contributed by atoms with Gasteiger partial charge in [0.1, 0.15) is 0 Å². The number of halogens is 1. The minimum absolute atomic E-state index is 0.286. The molecule has 0 saturated heterocycles. The molecule has 2 N–H and O–H groups in total. The van der Waals surface area contributed by atoms with E-state index in [4.69, 9.17) is 4.98 Å². The molecule has 32 heavy (non-hydrogen) atoms. The number of fused-ring (bicyclic) bond motifs is 1. The van der Waals surface area contributed by atoms with Gasteiger partial charge in [-0.25, -0.2) is 9.78 Å². The van der Waals surface area contributed by atoms with Gasteiger partial charge in [0.25, 0.3) is 0 Å². The molecule has 5 nitrogen and oxygen atoms in total. The highest BCUT2D eigenvalue weighted by Crippen LogP contribution is 2.33. The van der Waals surface area contributed by atoms with E-state index in [9.17, 15) is 4.79 Å². The van der Waals surface area contributed by atoms with Crippen LogP contribution in [-0.4, -0.2) is 15.6 Å². The molecular weight excluding hydrogens is 464 g/mol. The third-order valence-electron chi connectivity index (χ3n) is 5.49. The van der Waals surface area contributed by atoms with Crippen molar-refractivity contribution < 1.29 is 4.79 Å². The average Bonchev–Trinajstić information content (AvgIpc) is 3.11. The summed E-state index contributed by atoms with van der Waals surface area (Å²) in [5.41, 5.74) is 5.74. The summed E-state index contributed by atoms with van der Waals surface area (Å²) in [7, 11) is 0. The number of benzene rings is 3. The molecule has 0 aliphatic carbocycles. The van der Waals surface area contributed by atoms with E-state index >= 15 is 0 Å². The number of anilines is 2. The Morgan fingerprint density at radius 1 is 0.844 bits per heavy atom. The number of imidazole rings is 1. The number of carbonyl (C=O) groups excluding carboxylic acids is 1. The van der Waals surface area contributed by atoms with Crippen LogP contribution >= 0.6 is 15.9 Å². The highest BCUT2D eigenvalue weighted by molar-refractivity contribution is 9.10. The molecule has 0 radical (unpaired) electrons. The Morgan fingerprint density at radius 3 is 2.12 bits per heavy atom. The summed E-state index contributed by atoms with van der Waals surface area (Å²) in [6.07, 6.45) is 0.